The van der Waals surface area contributed by atoms with Crippen molar-refractivity contribution in [2.45, 2.75) is 44.8 Å². The minimum absolute atomic E-state index is 0.292. The van der Waals surface area contributed by atoms with Gasteiger partial charge in [0.15, 0.2) is 0 Å². The third-order valence-electron chi connectivity index (χ3n) is 3.02. The number of hydrogen-bond donors (Lipinski definition) is 1. The van der Waals surface area contributed by atoms with Crippen molar-refractivity contribution in [3.05, 3.63) is 27.6 Å². The van der Waals surface area contributed by atoms with Gasteiger partial charge in [0.2, 0.25) is 0 Å². The van der Waals surface area contributed by atoms with E-state index in [0.29, 0.717) is 15.9 Å². The van der Waals surface area contributed by atoms with Crippen molar-refractivity contribution < 1.29 is 18.7 Å². The van der Waals surface area contributed by atoms with Crippen molar-refractivity contribution in [1.82, 2.24) is 5.32 Å². The molecule has 1 saturated carbocycles. The summed E-state index contributed by atoms with van der Waals surface area (Å²) in [7, 11) is 0. The molecule has 1 aromatic rings. The summed E-state index contributed by atoms with van der Waals surface area (Å²) < 4.78 is 24.7. The normalized spacial score (nSPS) is 16.2. The van der Waals surface area contributed by atoms with Crippen LogP contribution in [0.25, 0.3) is 0 Å². The maximum atomic E-state index is 13.0. The van der Waals surface area contributed by atoms with Gasteiger partial charge in [-0.05, 0) is 74.4 Å². The first-order chi connectivity index (χ1) is 9.69. The predicted molar refractivity (Wildman–Crippen MR) is 85.9 cm³/mol. The van der Waals surface area contributed by atoms with Crippen LogP contribution in [0.2, 0.25) is 0 Å². The first-order valence-corrected chi connectivity index (χ1v) is 7.86. The summed E-state index contributed by atoms with van der Waals surface area (Å²) in [4.78, 5) is 11.8. The molecule has 0 aliphatic heterocycles. The molecule has 0 aromatic heterocycles. The Morgan fingerprint density at radius 2 is 2.10 bits per heavy atom. The third-order valence-corrected chi connectivity index (χ3v) is 3.86. The zero-order valence-corrected chi connectivity index (χ0v) is 14.5. The van der Waals surface area contributed by atoms with Gasteiger partial charge in [-0.15, -0.1) is 0 Å². The molecule has 1 amide bonds. The Labute approximate surface area is 137 Å². The van der Waals surface area contributed by atoms with E-state index in [1.807, 2.05) is 43.4 Å². The molecule has 21 heavy (non-hydrogen) atoms. The minimum Gasteiger partial charge on any atom is -0.490 e. The number of alkyl carbamates (subject to hydrolysis) is 1. The van der Waals surface area contributed by atoms with E-state index in [0.717, 1.165) is 12.8 Å². The lowest BCUT2D eigenvalue weighted by atomic mass is 10.2. The van der Waals surface area contributed by atoms with Crippen LogP contribution in [0, 0.1) is 9.39 Å². The van der Waals surface area contributed by atoms with Crippen LogP contribution in [0.4, 0.5) is 9.18 Å². The highest BCUT2D eigenvalue weighted by Gasteiger charge is 2.46. The van der Waals surface area contributed by atoms with Crippen molar-refractivity contribution >= 4 is 28.7 Å². The zero-order chi connectivity index (χ0) is 15.7. The van der Waals surface area contributed by atoms with Gasteiger partial charge in [-0.25, -0.2) is 9.18 Å². The van der Waals surface area contributed by atoms with Gasteiger partial charge in [0.05, 0.1) is 9.11 Å². The van der Waals surface area contributed by atoms with E-state index in [1.165, 1.54) is 12.1 Å². The first-order valence-electron chi connectivity index (χ1n) is 6.78. The quantitative estimate of drug-likeness (QED) is 0.772. The van der Waals surface area contributed by atoms with Gasteiger partial charge < -0.3 is 14.8 Å². The lowest BCUT2D eigenvalue weighted by Crippen LogP contribution is -2.44. The molecule has 2 rings (SSSR count). The number of nitrogens with one attached hydrogen (secondary N) is 1. The molecule has 0 saturated heterocycles. The summed E-state index contributed by atoms with van der Waals surface area (Å²) in [5.41, 5.74) is -0.882. The number of halogens is 2. The zero-order valence-electron chi connectivity index (χ0n) is 12.3. The van der Waals surface area contributed by atoms with Gasteiger partial charge in [0.1, 0.15) is 23.8 Å². The maximum Gasteiger partial charge on any atom is 0.408 e. The Morgan fingerprint density at radius 3 is 2.62 bits per heavy atom. The van der Waals surface area contributed by atoms with Gasteiger partial charge >= 0.3 is 6.09 Å². The van der Waals surface area contributed by atoms with Gasteiger partial charge in [0.25, 0.3) is 0 Å². The average molecular weight is 407 g/mol. The van der Waals surface area contributed by atoms with Crippen LogP contribution < -0.4 is 10.1 Å². The molecule has 4 nitrogen and oxygen atoms in total. The number of rotatable bonds is 4. The fourth-order valence-corrected chi connectivity index (χ4v) is 2.42. The van der Waals surface area contributed by atoms with E-state index < -0.39 is 11.7 Å². The number of carbonyl (C=O) groups excluding carboxylic acids is 1. The number of ether oxygens (including phenoxy) is 2. The summed E-state index contributed by atoms with van der Waals surface area (Å²) >= 11 is 2.02. The Morgan fingerprint density at radius 1 is 1.43 bits per heavy atom. The van der Waals surface area contributed by atoms with Crippen LogP contribution in [0.3, 0.4) is 0 Å². The number of carbonyl (C=O) groups is 1. The molecule has 0 bridgehead atoms. The molecule has 0 heterocycles. The lowest BCUT2D eigenvalue weighted by Gasteiger charge is -2.23. The summed E-state index contributed by atoms with van der Waals surface area (Å²) in [5, 5.41) is 2.86. The Kier molecular flexibility index (Phi) is 4.65. The van der Waals surface area contributed by atoms with Gasteiger partial charge in [-0.3, -0.25) is 0 Å². The highest BCUT2D eigenvalue weighted by Crippen LogP contribution is 2.36. The Hall–Kier alpha value is -1.05. The summed E-state index contributed by atoms with van der Waals surface area (Å²) in [6.45, 7) is 5.82. The van der Waals surface area contributed by atoms with E-state index in [-0.39, 0.29) is 11.4 Å². The fraction of sp³-hybridized carbons (Fsp3) is 0.533. The lowest BCUT2D eigenvalue weighted by molar-refractivity contribution is 0.0477. The SMILES string of the molecule is CC(C)(C)OC(=O)NC1(COc2ccc(F)cc2I)CC1. The number of benzene rings is 1. The molecule has 6 heteroatoms. The topological polar surface area (TPSA) is 47.6 Å². The number of hydrogen-bond acceptors (Lipinski definition) is 3. The summed E-state index contributed by atoms with van der Waals surface area (Å²) in [6.07, 6.45) is 1.27. The van der Waals surface area contributed by atoms with Crippen LogP contribution in [0.5, 0.6) is 5.75 Å². The smallest absolute Gasteiger partial charge is 0.408 e. The molecule has 1 aliphatic rings. The average Bonchev–Trinajstić information content (AvgIpc) is 3.05. The first kappa shape index (κ1) is 16.3. The molecule has 0 unspecified atom stereocenters. The van der Waals surface area contributed by atoms with Crippen LogP contribution >= 0.6 is 22.6 Å². The maximum absolute atomic E-state index is 13.0. The van der Waals surface area contributed by atoms with Crippen LogP contribution in [-0.2, 0) is 4.74 Å². The molecule has 1 aromatic carbocycles. The molecule has 1 aliphatic carbocycles. The Bertz CT molecular complexity index is 538. The molecular weight excluding hydrogens is 388 g/mol. The second kappa shape index (κ2) is 5.98. The van der Waals surface area contributed by atoms with E-state index >= 15 is 0 Å². The Balaban J connectivity index is 1.89. The molecule has 1 N–H and O–H groups in total. The van der Waals surface area contributed by atoms with Crippen molar-refractivity contribution in [3.63, 3.8) is 0 Å². The largest absolute Gasteiger partial charge is 0.490 e. The molecule has 1 fully saturated rings. The summed E-state index contributed by atoms with van der Waals surface area (Å²) in [6, 6.07) is 4.37. The second-order valence-electron chi connectivity index (χ2n) is 6.27. The molecule has 0 spiro atoms. The third kappa shape index (κ3) is 5.01. The standard InChI is InChI=1S/C15H19FINO3/c1-14(2,3)21-13(19)18-15(6-7-15)9-20-12-5-4-10(16)8-11(12)17/h4-5,8H,6-7,9H2,1-3H3,(H,18,19). The molecule has 0 atom stereocenters. The van der Waals surface area contributed by atoms with E-state index in [2.05, 4.69) is 5.32 Å². The van der Waals surface area contributed by atoms with Crippen molar-refractivity contribution in [3.8, 4) is 5.75 Å². The van der Waals surface area contributed by atoms with Crippen molar-refractivity contribution in [1.29, 1.82) is 0 Å². The van der Waals surface area contributed by atoms with E-state index in [1.54, 1.807) is 6.07 Å². The van der Waals surface area contributed by atoms with Crippen LogP contribution in [0.1, 0.15) is 33.6 Å². The molecule has 0 radical (unpaired) electrons. The molecule has 116 valence electrons. The minimum atomic E-state index is -0.520. The predicted octanol–water partition coefficient (Wildman–Crippen LogP) is 3.87. The second-order valence-corrected chi connectivity index (χ2v) is 7.43. The number of amides is 1. The monoisotopic (exact) mass is 407 g/mol. The van der Waals surface area contributed by atoms with Crippen molar-refractivity contribution in [2.24, 2.45) is 0 Å². The van der Waals surface area contributed by atoms with Crippen LogP contribution in [0.15, 0.2) is 18.2 Å². The van der Waals surface area contributed by atoms with Crippen LogP contribution in [-0.4, -0.2) is 23.8 Å². The molecular formula is C15H19FINO3. The van der Waals surface area contributed by atoms with Crippen molar-refractivity contribution in [2.75, 3.05) is 6.61 Å². The summed E-state index contributed by atoms with van der Waals surface area (Å²) in [5.74, 6) is 0.328. The highest BCUT2D eigenvalue weighted by molar-refractivity contribution is 14.1. The van der Waals surface area contributed by atoms with Gasteiger partial charge in [-0.2, -0.15) is 0 Å². The van der Waals surface area contributed by atoms with Gasteiger partial charge in [-0.1, -0.05) is 0 Å². The highest BCUT2D eigenvalue weighted by atomic mass is 127. The fourth-order valence-electron chi connectivity index (χ4n) is 1.78. The van der Waals surface area contributed by atoms with E-state index in [4.69, 9.17) is 9.47 Å². The van der Waals surface area contributed by atoms with E-state index in [9.17, 15) is 9.18 Å². The van der Waals surface area contributed by atoms with Gasteiger partial charge in [0, 0.05) is 0 Å².